The number of hydrogen-bond donors (Lipinski definition) is 2. The molecule has 35 heavy (non-hydrogen) atoms. The second kappa shape index (κ2) is 10.4. The topological polar surface area (TPSA) is 106 Å². The summed E-state index contributed by atoms with van der Waals surface area (Å²) in [6.45, 7) is 1.08. The van der Waals surface area contributed by atoms with Crippen molar-refractivity contribution >= 4 is 22.1 Å². The van der Waals surface area contributed by atoms with Crippen LogP contribution in [0, 0.1) is 0 Å². The number of carbonyl (C=O) groups excluding carboxylic acids is 1. The Bertz CT molecular complexity index is 1300. The SMILES string of the molecule is COCCCN1c2sc(-c3ccc(O)c(OC)c3)cc(=O)c2C(=O)CC1c1ccc(O)c(OC)c1. The van der Waals surface area contributed by atoms with E-state index >= 15 is 0 Å². The van der Waals surface area contributed by atoms with Crippen molar-refractivity contribution in [2.75, 3.05) is 39.4 Å². The highest BCUT2D eigenvalue weighted by atomic mass is 32.1. The van der Waals surface area contributed by atoms with E-state index in [1.807, 2.05) is 0 Å². The molecule has 4 rings (SSSR count). The molecule has 1 unspecified atom stereocenters. The van der Waals surface area contributed by atoms with Gasteiger partial charge in [0.15, 0.2) is 34.2 Å². The van der Waals surface area contributed by atoms with E-state index in [1.165, 1.54) is 37.7 Å². The van der Waals surface area contributed by atoms with Crippen LogP contribution in [0.2, 0.25) is 0 Å². The number of phenols is 2. The summed E-state index contributed by atoms with van der Waals surface area (Å²) in [5, 5.41) is 20.6. The summed E-state index contributed by atoms with van der Waals surface area (Å²) < 4.78 is 15.8. The molecule has 0 aliphatic carbocycles. The Morgan fingerprint density at radius 3 is 2.34 bits per heavy atom. The predicted octanol–water partition coefficient (Wildman–Crippen LogP) is 4.37. The van der Waals surface area contributed by atoms with Crippen LogP contribution in [0.5, 0.6) is 23.0 Å². The minimum atomic E-state index is -0.346. The molecule has 1 aliphatic heterocycles. The Morgan fingerprint density at radius 1 is 0.971 bits per heavy atom. The predicted molar refractivity (Wildman–Crippen MR) is 134 cm³/mol. The van der Waals surface area contributed by atoms with Crippen LogP contribution in [0.15, 0.2) is 47.3 Å². The second-order valence-corrected chi connectivity index (χ2v) is 9.19. The zero-order valence-electron chi connectivity index (χ0n) is 19.7. The van der Waals surface area contributed by atoms with Crippen LogP contribution in [0.3, 0.4) is 0 Å². The van der Waals surface area contributed by atoms with Crippen molar-refractivity contribution in [3.8, 4) is 33.4 Å². The lowest BCUT2D eigenvalue weighted by Crippen LogP contribution is -2.38. The molecule has 0 amide bonds. The third kappa shape index (κ3) is 4.82. The second-order valence-electron chi connectivity index (χ2n) is 8.16. The third-order valence-electron chi connectivity index (χ3n) is 6.02. The first-order valence-electron chi connectivity index (χ1n) is 11.1. The van der Waals surface area contributed by atoms with Crippen LogP contribution in [0.4, 0.5) is 5.00 Å². The van der Waals surface area contributed by atoms with Crippen molar-refractivity contribution < 1.29 is 29.2 Å². The quantitative estimate of drug-likeness (QED) is 0.442. The van der Waals surface area contributed by atoms with Gasteiger partial charge in [0.25, 0.3) is 0 Å². The molecular weight excluding hydrogens is 470 g/mol. The summed E-state index contributed by atoms with van der Waals surface area (Å²) in [6, 6.07) is 11.0. The average molecular weight is 498 g/mol. The summed E-state index contributed by atoms with van der Waals surface area (Å²) in [7, 11) is 4.56. The number of nitrogens with zero attached hydrogens (tertiary/aromatic N) is 1. The Hall–Kier alpha value is -3.56. The lowest BCUT2D eigenvalue weighted by Gasteiger charge is -2.38. The van der Waals surface area contributed by atoms with Crippen molar-refractivity contribution in [3.63, 3.8) is 0 Å². The number of hydrogen-bond acceptors (Lipinski definition) is 9. The first-order chi connectivity index (χ1) is 16.9. The fraction of sp³-hybridized carbons (Fsp3) is 0.308. The van der Waals surface area contributed by atoms with Crippen LogP contribution < -0.4 is 19.8 Å². The number of phenolic OH excluding ortho intramolecular Hbond substituents is 2. The van der Waals surface area contributed by atoms with Gasteiger partial charge in [0.1, 0.15) is 5.00 Å². The lowest BCUT2D eigenvalue weighted by atomic mass is 9.92. The average Bonchev–Trinajstić information content (AvgIpc) is 2.85. The van der Waals surface area contributed by atoms with Gasteiger partial charge in [-0.15, -0.1) is 11.3 Å². The van der Waals surface area contributed by atoms with Gasteiger partial charge in [0, 0.05) is 37.6 Å². The lowest BCUT2D eigenvalue weighted by molar-refractivity contribution is 0.0964. The van der Waals surface area contributed by atoms with E-state index in [4.69, 9.17) is 14.2 Å². The molecule has 2 aromatic carbocycles. The number of carbonyl (C=O) groups is 1. The Kier molecular flexibility index (Phi) is 7.28. The fourth-order valence-corrected chi connectivity index (χ4v) is 5.55. The van der Waals surface area contributed by atoms with Crippen LogP contribution in [-0.4, -0.2) is 50.5 Å². The Balaban J connectivity index is 1.85. The van der Waals surface area contributed by atoms with Crippen LogP contribution in [0.25, 0.3) is 10.4 Å². The Labute approximate surface area is 206 Å². The molecule has 0 saturated heterocycles. The monoisotopic (exact) mass is 497 g/mol. The van der Waals surface area contributed by atoms with Gasteiger partial charge in [-0.05, 0) is 47.9 Å². The molecule has 1 aliphatic rings. The number of ether oxygens (including phenoxy) is 3. The number of Topliss-reactive ketones (excluding diaryl/α,β-unsaturated/α-hetero) is 1. The highest BCUT2D eigenvalue weighted by molar-refractivity contribution is 7.19. The number of ketones is 1. The number of benzene rings is 2. The van der Waals surface area contributed by atoms with Gasteiger partial charge < -0.3 is 29.3 Å². The fourth-order valence-electron chi connectivity index (χ4n) is 4.28. The zero-order chi connectivity index (χ0) is 25.1. The van der Waals surface area contributed by atoms with E-state index in [2.05, 4.69) is 4.90 Å². The molecule has 184 valence electrons. The van der Waals surface area contributed by atoms with E-state index < -0.39 is 0 Å². The van der Waals surface area contributed by atoms with Crippen molar-refractivity contribution in [2.24, 2.45) is 0 Å². The number of aromatic hydroxyl groups is 2. The molecule has 3 aromatic rings. The molecule has 1 aromatic heterocycles. The summed E-state index contributed by atoms with van der Waals surface area (Å²) in [4.78, 5) is 29.1. The van der Waals surface area contributed by atoms with Gasteiger partial charge in [-0.1, -0.05) is 6.07 Å². The number of anilines is 1. The maximum atomic E-state index is 13.2. The largest absolute Gasteiger partial charge is 0.504 e. The molecule has 1 atom stereocenters. The zero-order valence-corrected chi connectivity index (χ0v) is 20.6. The van der Waals surface area contributed by atoms with Crippen molar-refractivity contribution in [3.05, 3.63) is 63.8 Å². The molecule has 9 heteroatoms. The summed E-state index contributed by atoms with van der Waals surface area (Å²) in [5.74, 6) is 0.394. The van der Waals surface area contributed by atoms with Crippen molar-refractivity contribution in [2.45, 2.75) is 18.9 Å². The first kappa shape index (κ1) is 24.6. The number of methoxy groups -OCH3 is 3. The van der Waals surface area contributed by atoms with Gasteiger partial charge in [-0.3, -0.25) is 9.59 Å². The van der Waals surface area contributed by atoms with E-state index in [0.29, 0.717) is 46.5 Å². The van der Waals surface area contributed by atoms with E-state index in [9.17, 15) is 19.8 Å². The van der Waals surface area contributed by atoms with Crippen LogP contribution >= 0.6 is 11.3 Å². The molecular formula is C26H27NO7S. The third-order valence-corrected chi connectivity index (χ3v) is 7.23. The summed E-state index contributed by atoms with van der Waals surface area (Å²) >= 11 is 1.35. The normalized spacial score (nSPS) is 15.1. The molecule has 0 spiro atoms. The smallest absolute Gasteiger partial charge is 0.193 e. The van der Waals surface area contributed by atoms with Gasteiger partial charge in [0.05, 0.1) is 25.8 Å². The van der Waals surface area contributed by atoms with E-state index in [0.717, 1.165) is 5.56 Å². The minimum absolute atomic E-state index is 0.000677. The minimum Gasteiger partial charge on any atom is -0.504 e. The molecule has 0 fully saturated rings. The van der Waals surface area contributed by atoms with E-state index in [1.54, 1.807) is 37.4 Å². The molecule has 2 N–H and O–H groups in total. The maximum Gasteiger partial charge on any atom is 0.193 e. The molecule has 2 heterocycles. The van der Waals surface area contributed by atoms with E-state index in [-0.39, 0.29) is 40.7 Å². The first-order valence-corrected chi connectivity index (χ1v) is 11.9. The van der Waals surface area contributed by atoms with Gasteiger partial charge in [0.2, 0.25) is 0 Å². The molecule has 8 nitrogen and oxygen atoms in total. The van der Waals surface area contributed by atoms with Gasteiger partial charge >= 0.3 is 0 Å². The molecule has 0 radical (unpaired) electrons. The standard InChI is InChI=1S/C26H27NO7S/c1-32-10-4-9-27-17(15-5-7-18(28)22(11-15)33-2)13-20(30)25-21(31)14-24(35-26(25)27)16-6-8-19(29)23(12-16)34-3/h5-8,11-12,14,17,28-29H,4,9-10,13H2,1-3H3. The highest BCUT2D eigenvalue weighted by Gasteiger charge is 2.35. The van der Waals surface area contributed by atoms with Crippen LogP contribution in [0.1, 0.15) is 34.8 Å². The van der Waals surface area contributed by atoms with Crippen LogP contribution in [-0.2, 0) is 4.74 Å². The van der Waals surface area contributed by atoms with Gasteiger partial charge in [-0.25, -0.2) is 0 Å². The molecule has 0 bridgehead atoms. The Morgan fingerprint density at radius 2 is 1.66 bits per heavy atom. The number of rotatable bonds is 8. The maximum absolute atomic E-state index is 13.2. The molecule has 0 saturated carbocycles. The number of fused-ring (bicyclic) bond motifs is 1. The van der Waals surface area contributed by atoms with Gasteiger partial charge in [-0.2, -0.15) is 0 Å². The summed E-state index contributed by atoms with van der Waals surface area (Å²) in [5.41, 5.74) is 1.34. The van der Waals surface area contributed by atoms with Crippen molar-refractivity contribution in [1.82, 2.24) is 0 Å². The highest BCUT2D eigenvalue weighted by Crippen LogP contribution is 2.44. The summed E-state index contributed by atoms with van der Waals surface area (Å²) in [6.07, 6.45) is 0.816. The van der Waals surface area contributed by atoms with Crippen molar-refractivity contribution in [1.29, 1.82) is 0 Å².